The molecule has 1 aliphatic rings. The van der Waals surface area contributed by atoms with E-state index in [4.69, 9.17) is 4.74 Å². The van der Waals surface area contributed by atoms with Crippen molar-refractivity contribution in [3.8, 4) is 0 Å². The van der Waals surface area contributed by atoms with Gasteiger partial charge < -0.3 is 4.74 Å². The summed E-state index contributed by atoms with van der Waals surface area (Å²) in [5, 5.41) is 0. The number of ketones is 1. The molecule has 18 heavy (non-hydrogen) atoms. The molecule has 0 N–H and O–H groups in total. The normalized spacial score (nSPS) is 21.2. The summed E-state index contributed by atoms with van der Waals surface area (Å²) in [5.41, 5.74) is 1.06. The van der Waals surface area contributed by atoms with E-state index in [-0.39, 0.29) is 11.9 Å². The highest BCUT2D eigenvalue weighted by Crippen LogP contribution is 2.12. The van der Waals surface area contributed by atoms with E-state index >= 15 is 0 Å². The van der Waals surface area contributed by atoms with Crippen LogP contribution in [0.5, 0.6) is 0 Å². The highest BCUT2D eigenvalue weighted by molar-refractivity contribution is 5.85. The van der Waals surface area contributed by atoms with Gasteiger partial charge in [-0.15, -0.1) is 0 Å². The largest absolute Gasteiger partial charge is 0.368 e. The van der Waals surface area contributed by atoms with Crippen LogP contribution in [-0.4, -0.2) is 42.5 Å². The molecule has 0 bridgehead atoms. The zero-order valence-electron chi connectivity index (χ0n) is 11.1. The van der Waals surface area contributed by atoms with E-state index in [0.717, 1.165) is 18.7 Å². The topological polar surface area (TPSA) is 29.5 Å². The zero-order chi connectivity index (χ0) is 13.0. The van der Waals surface area contributed by atoms with E-state index in [2.05, 4.69) is 18.7 Å². The molecule has 0 spiro atoms. The number of hydrogen-bond acceptors (Lipinski definition) is 3. The van der Waals surface area contributed by atoms with Crippen LogP contribution < -0.4 is 0 Å². The lowest BCUT2D eigenvalue weighted by atomic mass is 10.0. The van der Waals surface area contributed by atoms with Gasteiger partial charge in [-0.3, -0.25) is 9.69 Å². The molecule has 0 aliphatic carbocycles. The first-order chi connectivity index (χ1) is 8.66. The van der Waals surface area contributed by atoms with Crippen molar-refractivity contribution in [3.63, 3.8) is 0 Å². The molecule has 1 aliphatic heterocycles. The van der Waals surface area contributed by atoms with E-state index in [1.54, 1.807) is 0 Å². The van der Waals surface area contributed by atoms with Crippen molar-refractivity contribution in [2.75, 3.05) is 19.7 Å². The highest BCUT2D eigenvalue weighted by Gasteiger charge is 2.27. The van der Waals surface area contributed by atoms with Crippen LogP contribution in [0.2, 0.25) is 0 Å². The number of rotatable bonds is 4. The van der Waals surface area contributed by atoms with E-state index in [9.17, 15) is 4.79 Å². The Bertz CT molecular complexity index is 389. The molecule has 1 aromatic rings. The van der Waals surface area contributed by atoms with Crippen molar-refractivity contribution in [2.24, 2.45) is 0 Å². The Labute approximate surface area is 109 Å². The van der Waals surface area contributed by atoms with Gasteiger partial charge in [0.25, 0.3) is 0 Å². The number of carbonyl (C=O) groups is 1. The van der Waals surface area contributed by atoms with Gasteiger partial charge >= 0.3 is 0 Å². The SMILES string of the molecule is CC(C)N1CCOC(C(=O)Cc2ccccc2)C1. The number of hydrogen-bond donors (Lipinski definition) is 0. The van der Waals surface area contributed by atoms with Crippen molar-refractivity contribution in [3.05, 3.63) is 35.9 Å². The second-order valence-electron chi connectivity index (χ2n) is 5.08. The van der Waals surface area contributed by atoms with Crippen LogP contribution in [0.3, 0.4) is 0 Å². The van der Waals surface area contributed by atoms with E-state index in [0.29, 0.717) is 19.1 Å². The molecule has 98 valence electrons. The van der Waals surface area contributed by atoms with Gasteiger partial charge in [-0.1, -0.05) is 30.3 Å². The van der Waals surface area contributed by atoms with Gasteiger partial charge in [0.1, 0.15) is 6.10 Å². The van der Waals surface area contributed by atoms with E-state index < -0.39 is 0 Å². The van der Waals surface area contributed by atoms with Gasteiger partial charge in [-0.2, -0.15) is 0 Å². The lowest BCUT2D eigenvalue weighted by Crippen LogP contribution is -2.49. The van der Waals surface area contributed by atoms with Crippen LogP contribution in [-0.2, 0) is 16.0 Å². The van der Waals surface area contributed by atoms with E-state index in [1.165, 1.54) is 0 Å². The minimum absolute atomic E-state index is 0.187. The molecule has 2 rings (SSSR count). The summed E-state index contributed by atoms with van der Waals surface area (Å²) in [6.45, 7) is 6.62. The number of ether oxygens (including phenoxy) is 1. The molecule has 1 unspecified atom stereocenters. The summed E-state index contributed by atoms with van der Waals surface area (Å²) in [6.07, 6.45) is 0.207. The molecule has 1 aromatic carbocycles. The Balaban J connectivity index is 1.93. The van der Waals surface area contributed by atoms with Crippen LogP contribution in [0.15, 0.2) is 30.3 Å². The summed E-state index contributed by atoms with van der Waals surface area (Å²) >= 11 is 0. The molecule has 1 atom stereocenters. The first kappa shape index (κ1) is 13.2. The summed E-state index contributed by atoms with van der Waals surface area (Å²) in [4.78, 5) is 14.5. The van der Waals surface area contributed by atoms with Crippen molar-refractivity contribution >= 4 is 5.78 Å². The van der Waals surface area contributed by atoms with Crippen molar-refractivity contribution in [1.82, 2.24) is 4.90 Å². The number of morpholine rings is 1. The van der Waals surface area contributed by atoms with Crippen LogP contribution in [0.4, 0.5) is 0 Å². The average molecular weight is 247 g/mol. The first-order valence-corrected chi connectivity index (χ1v) is 6.59. The monoisotopic (exact) mass is 247 g/mol. The van der Waals surface area contributed by atoms with Crippen LogP contribution in [0, 0.1) is 0 Å². The van der Waals surface area contributed by atoms with Gasteiger partial charge in [0.2, 0.25) is 0 Å². The molecule has 1 heterocycles. The zero-order valence-corrected chi connectivity index (χ0v) is 11.1. The molecule has 1 fully saturated rings. The van der Waals surface area contributed by atoms with Gasteiger partial charge in [0.15, 0.2) is 5.78 Å². The lowest BCUT2D eigenvalue weighted by molar-refractivity contribution is -0.136. The summed E-state index contributed by atoms with van der Waals surface area (Å²) in [7, 11) is 0. The van der Waals surface area contributed by atoms with Crippen molar-refractivity contribution in [2.45, 2.75) is 32.4 Å². The standard InChI is InChI=1S/C15H21NO2/c1-12(2)16-8-9-18-15(11-16)14(17)10-13-6-4-3-5-7-13/h3-7,12,15H,8-11H2,1-2H3. The molecular formula is C15H21NO2. The molecular weight excluding hydrogens is 226 g/mol. The Hall–Kier alpha value is -1.19. The maximum absolute atomic E-state index is 12.2. The minimum atomic E-state index is -0.263. The Morgan fingerprint density at radius 3 is 2.78 bits per heavy atom. The van der Waals surface area contributed by atoms with Gasteiger partial charge in [-0.25, -0.2) is 0 Å². The number of benzene rings is 1. The fourth-order valence-corrected chi connectivity index (χ4v) is 2.24. The van der Waals surface area contributed by atoms with Crippen LogP contribution >= 0.6 is 0 Å². The predicted octanol–water partition coefficient (Wildman–Crippen LogP) is 1.91. The fraction of sp³-hybridized carbons (Fsp3) is 0.533. The molecule has 3 heteroatoms. The summed E-state index contributed by atoms with van der Waals surface area (Å²) < 4.78 is 5.60. The van der Waals surface area contributed by atoms with Crippen LogP contribution in [0.25, 0.3) is 0 Å². The third-order valence-corrected chi connectivity index (χ3v) is 3.41. The fourth-order valence-electron chi connectivity index (χ4n) is 2.24. The number of nitrogens with zero attached hydrogens (tertiary/aromatic N) is 1. The minimum Gasteiger partial charge on any atom is -0.368 e. The van der Waals surface area contributed by atoms with Crippen molar-refractivity contribution < 1.29 is 9.53 Å². The Morgan fingerprint density at radius 1 is 1.39 bits per heavy atom. The van der Waals surface area contributed by atoms with Gasteiger partial charge in [-0.05, 0) is 19.4 Å². The van der Waals surface area contributed by atoms with Crippen LogP contribution in [0.1, 0.15) is 19.4 Å². The number of carbonyl (C=O) groups excluding carboxylic acids is 1. The molecule has 0 aromatic heterocycles. The van der Waals surface area contributed by atoms with Gasteiger partial charge in [0, 0.05) is 25.6 Å². The molecule has 0 saturated carbocycles. The quantitative estimate of drug-likeness (QED) is 0.814. The maximum Gasteiger partial charge on any atom is 0.167 e. The summed E-state index contributed by atoms with van der Waals surface area (Å²) in [5.74, 6) is 0.187. The highest BCUT2D eigenvalue weighted by atomic mass is 16.5. The molecule has 1 saturated heterocycles. The predicted molar refractivity (Wildman–Crippen MR) is 71.6 cm³/mol. The second-order valence-corrected chi connectivity index (χ2v) is 5.08. The number of Topliss-reactive ketones (excluding diaryl/α,β-unsaturated/α-hetero) is 1. The summed E-state index contributed by atoms with van der Waals surface area (Å²) in [6, 6.07) is 10.3. The Morgan fingerprint density at radius 2 is 2.11 bits per heavy atom. The third kappa shape index (κ3) is 3.40. The second kappa shape index (κ2) is 6.12. The molecule has 3 nitrogen and oxygen atoms in total. The van der Waals surface area contributed by atoms with E-state index in [1.807, 2.05) is 30.3 Å². The average Bonchev–Trinajstić information content (AvgIpc) is 2.40. The third-order valence-electron chi connectivity index (χ3n) is 3.41. The van der Waals surface area contributed by atoms with Gasteiger partial charge in [0.05, 0.1) is 6.61 Å². The maximum atomic E-state index is 12.2. The lowest BCUT2D eigenvalue weighted by Gasteiger charge is -2.34. The Kier molecular flexibility index (Phi) is 4.50. The molecule has 0 amide bonds. The van der Waals surface area contributed by atoms with Crippen molar-refractivity contribution in [1.29, 1.82) is 0 Å². The first-order valence-electron chi connectivity index (χ1n) is 6.59. The smallest absolute Gasteiger partial charge is 0.167 e. The molecule has 0 radical (unpaired) electrons.